The molecular weight excluding hydrogens is 242 g/mol. The number of rotatable bonds is 4. The molecule has 2 nitrogen and oxygen atoms in total. The third kappa shape index (κ3) is 2.73. The molecule has 0 spiro atoms. The number of benzene rings is 1. The van der Waals surface area contributed by atoms with Crippen LogP contribution >= 0.6 is 11.6 Å². The minimum absolute atomic E-state index is 0.713. The molecule has 2 aromatic rings. The first-order valence-corrected chi connectivity index (χ1v) is 7.24. The molecule has 1 atom stereocenters. The smallest absolute Gasteiger partial charge is 0.107 e. The average molecular weight is 255 g/mol. The van der Waals surface area contributed by atoms with Gasteiger partial charge in [0.25, 0.3) is 0 Å². The van der Waals surface area contributed by atoms with Crippen molar-refractivity contribution in [1.29, 1.82) is 0 Å². The summed E-state index contributed by atoms with van der Waals surface area (Å²) in [6.45, 7) is 0.852. The zero-order chi connectivity index (χ0) is 11.5. The highest BCUT2D eigenvalue weighted by atomic mass is 35.5. The van der Waals surface area contributed by atoms with Gasteiger partial charge in [0.1, 0.15) is 5.75 Å². The molecule has 0 N–H and O–H groups in total. The normalized spacial score (nSPS) is 13.2. The number of nitrogens with zero attached hydrogens (tertiary/aromatic N) is 1. The number of halogens is 1. The lowest BCUT2D eigenvalue weighted by atomic mass is 10.2. The molecule has 0 saturated carbocycles. The van der Waals surface area contributed by atoms with Crippen LogP contribution in [-0.4, -0.2) is 21.1 Å². The summed E-state index contributed by atoms with van der Waals surface area (Å²) in [4.78, 5) is 0. The molecule has 0 saturated heterocycles. The molecule has 1 heterocycles. The van der Waals surface area contributed by atoms with Gasteiger partial charge in [0.2, 0.25) is 0 Å². The number of fused-ring (bicyclic) bond motifs is 1. The van der Waals surface area contributed by atoms with Crippen molar-refractivity contribution in [3.8, 4) is 0 Å². The second kappa shape index (κ2) is 5.13. The molecule has 1 aromatic carbocycles. The van der Waals surface area contributed by atoms with E-state index >= 15 is 0 Å². The highest BCUT2D eigenvalue weighted by Crippen LogP contribution is 2.20. The quantitative estimate of drug-likeness (QED) is 0.771. The fourth-order valence-corrected chi connectivity index (χ4v) is 2.43. The summed E-state index contributed by atoms with van der Waals surface area (Å²) in [5.41, 5.74) is 1.13. The fourth-order valence-electron chi connectivity index (χ4n) is 1.71. The monoisotopic (exact) mass is 254 g/mol. The van der Waals surface area contributed by atoms with Crippen LogP contribution in [0.1, 0.15) is 6.42 Å². The number of hydrogen-bond donors (Lipinski definition) is 0. The van der Waals surface area contributed by atoms with E-state index < -0.39 is 11.2 Å². The molecule has 0 aliphatic carbocycles. The topological polar surface area (TPSA) is 28.0 Å². The second-order valence-corrected chi connectivity index (χ2v) is 5.75. The van der Waals surface area contributed by atoms with Crippen molar-refractivity contribution in [3.05, 3.63) is 35.5 Å². The molecular formula is C12H13ClNOS. The van der Waals surface area contributed by atoms with Gasteiger partial charge in [-0.2, -0.15) is 0 Å². The summed E-state index contributed by atoms with van der Waals surface area (Å²) in [6, 6.07) is 7.75. The van der Waals surface area contributed by atoms with E-state index in [1.807, 2.05) is 24.3 Å². The highest BCUT2D eigenvalue weighted by Gasteiger charge is 2.03. The SMILES string of the molecule is C[S+]([O-])CCCn1[c]cc2cc(Cl)ccc21. The Labute approximate surface area is 103 Å². The lowest BCUT2D eigenvalue weighted by molar-refractivity contribution is 0.592. The summed E-state index contributed by atoms with van der Waals surface area (Å²) in [5.74, 6) is 0.737. The van der Waals surface area contributed by atoms with Gasteiger partial charge in [0.05, 0.1) is 12.5 Å². The maximum absolute atomic E-state index is 11.0. The van der Waals surface area contributed by atoms with E-state index in [0.29, 0.717) is 0 Å². The summed E-state index contributed by atoms with van der Waals surface area (Å²) < 4.78 is 13.0. The van der Waals surface area contributed by atoms with Gasteiger partial charge >= 0.3 is 0 Å². The molecule has 0 aliphatic heterocycles. The predicted molar refractivity (Wildman–Crippen MR) is 69.3 cm³/mol. The van der Waals surface area contributed by atoms with Gasteiger partial charge in [-0.15, -0.1) is 0 Å². The van der Waals surface area contributed by atoms with Crippen molar-refractivity contribution in [2.45, 2.75) is 13.0 Å². The highest BCUT2D eigenvalue weighted by molar-refractivity contribution is 7.90. The Hall–Kier alpha value is -0.640. The van der Waals surface area contributed by atoms with Crippen molar-refractivity contribution in [2.75, 3.05) is 12.0 Å². The Bertz CT molecular complexity index is 481. The first-order valence-electron chi connectivity index (χ1n) is 5.13. The number of aryl methyl sites for hydroxylation is 1. The van der Waals surface area contributed by atoms with E-state index in [1.165, 1.54) is 0 Å². The molecule has 85 valence electrons. The number of aromatic nitrogens is 1. The van der Waals surface area contributed by atoms with Crippen LogP contribution in [0.2, 0.25) is 5.02 Å². The Kier molecular flexibility index (Phi) is 3.79. The van der Waals surface area contributed by atoms with Crippen molar-refractivity contribution in [3.63, 3.8) is 0 Å². The van der Waals surface area contributed by atoms with E-state index in [4.69, 9.17) is 11.6 Å². The molecule has 2 rings (SSSR count). The van der Waals surface area contributed by atoms with Crippen LogP contribution in [0.3, 0.4) is 0 Å². The van der Waals surface area contributed by atoms with Crippen LogP contribution in [-0.2, 0) is 17.7 Å². The Balaban J connectivity index is 2.13. The van der Waals surface area contributed by atoms with Crippen molar-refractivity contribution in [1.82, 2.24) is 4.57 Å². The molecule has 0 aliphatic rings. The average Bonchev–Trinajstić information content (AvgIpc) is 2.60. The zero-order valence-corrected chi connectivity index (χ0v) is 10.6. The predicted octanol–water partition coefficient (Wildman–Crippen LogP) is 2.86. The number of hydrogen-bond acceptors (Lipinski definition) is 1. The zero-order valence-electron chi connectivity index (χ0n) is 9.07. The Morgan fingerprint density at radius 2 is 2.31 bits per heavy atom. The van der Waals surface area contributed by atoms with E-state index in [0.717, 1.165) is 34.6 Å². The van der Waals surface area contributed by atoms with Gasteiger partial charge in [-0.1, -0.05) is 22.8 Å². The van der Waals surface area contributed by atoms with Crippen LogP contribution in [0.4, 0.5) is 0 Å². The van der Waals surface area contributed by atoms with Crippen LogP contribution in [0, 0.1) is 6.20 Å². The second-order valence-electron chi connectivity index (χ2n) is 3.76. The van der Waals surface area contributed by atoms with E-state index in [1.54, 1.807) is 6.26 Å². The van der Waals surface area contributed by atoms with Gasteiger partial charge in [-0.3, -0.25) is 0 Å². The minimum atomic E-state index is -0.713. The molecule has 0 bridgehead atoms. The standard InChI is InChI=1S/C12H13ClNOS/c1-16(15)8-2-6-14-7-5-10-9-11(13)3-4-12(10)14/h3-5,9H,2,6,8H2,1H3. The van der Waals surface area contributed by atoms with Gasteiger partial charge in [-0.05, 0) is 24.3 Å². The molecule has 16 heavy (non-hydrogen) atoms. The Morgan fingerprint density at radius 1 is 1.50 bits per heavy atom. The van der Waals surface area contributed by atoms with Crippen molar-refractivity contribution in [2.24, 2.45) is 0 Å². The minimum Gasteiger partial charge on any atom is -0.617 e. The molecule has 0 amide bonds. The van der Waals surface area contributed by atoms with E-state index in [2.05, 4.69) is 10.8 Å². The molecule has 1 radical (unpaired) electrons. The largest absolute Gasteiger partial charge is 0.617 e. The first kappa shape index (κ1) is 11.8. The fraction of sp³-hybridized carbons (Fsp3) is 0.333. The third-order valence-corrected chi connectivity index (χ3v) is 3.57. The maximum atomic E-state index is 11.0. The molecule has 0 fully saturated rings. The van der Waals surface area contributed by atoms with Crippen molar-refractivity contribution >= 4 is 33.7 Å². The van der Waals surface area contributed by atoms with E-state index in [9.17, 15) is 4.55 Å². The maximum Gasteiger partial charge on any atom is 0.107 e. The van der Waals surface area contributed by atoms with E-state index in [-0.39, 0.29) is 0 Å². The van der Waals surface area contributed by atoms with Crippen LogP contribution < -0.4 is 0 Å². The van der Waals surface area contributed by atoms with Crippen LogP contribution in [0.5, 0.6) is 0 Å². The first-order chi connectivity index (χ1) is 7.66. The van der Waals surface area contributed by atoms with Gasteiger partial charge in [-0.25, -0.2) is 0 Å². The Morgan fingerprint density at radius 3 is 3.06 bits per heavy atom. The van der Waals surface area contributed by atoms with Crippen LogP contribution in [0.15, 0.2) is 24.3 Å². The van der Waals surface area contributed by atoms with Gasteiger partial charge in [0, 0.05) is 28.9 Å². The van der Waals surface area contributed by atoms with Gasteiger partial charge < -0.3 is 9.12 Å². The third-order valence-electron chi connectivity index (χ3n) is 2.47. The van der Waals surface area contributed by atoms with Crippen molar-refractivity contribution < 1.29 is 4.55 Å². The summed E-state index contributed by atoms with van der Waals surface area (Å²) in [7, 11) is 0. The summed E-state index contributed by atoms with van der Waals surface area (Å²) in [5, 5.41) is 1.85. The summed E-state index contributed by atoms with van der Waals surface area (Å²) >= 11 is 5.20. The summed E-state index contributed by atoms with van der Waals surface area (Å²) in [6.07, 6.45) is 5.82. The lowest BCUT2D eigenvalue weighted by Gasteiger charge is -2.06. The molecule has 4 heteroatoms. The molecule has 1 aromatic heterocycles. The lowest BCUT2D eigenvalue weighted by Crippen LogP contribution is -2.06. The molecule has 1 unspecified atom stereocenters. The van der Waals surface area contributed by atoms with Gasteiger partial charge in [0.15, 0.2) is 0 Å². The van der Waals surface area contributed by atoms with Crippen LogP contribution in [0.25, 0.3) is 10.9 Å².